The van der Waals surface area contributed by atoms with Crippen LogP contribution in [0.3, 0.4) is 0 Å². The maximum absolute atomic E-state index is 12.2. The Bertz CT molecular complexity index is 504. The first-order chi connectivity index (χ1) is 8.77. The van der Waals surface area contributed by atoms with E-state index in [0.717, 1.165) is 12.2 Å². The monoisotopic (exact) mass is 287 g/mol. The maximum atomic E-state index is 12.2. The number of nitrogens with one attached hydrogen (secondary N) is 2. The number of rotatable bonds is 7. The highest BCUT2D eigenvalue weighted by atomic mass is 32.2. The fourth-order valence-corrected chi connectivity index (χ4v) is 3.20. The zero-order chi connectivity index (χ0) is 14.6. The average Bonchev–Trinajstić information content (AvgIpc) is 2.69. The minimum Gasteiger partial charge on any atom is -0.346 e. The van der Waals surface area contributed by atoms with Crippen molar-refractivity contribution in [1.29, 1.82) is 0 Å². The average molecular weight is 287 g/mol. The van der Waals surface area contributed by atoms with Crippen molar-refractivity contribution in [3.05, 3.63) is 18.0 Å². The van der Waals surface area contributed by atoms with E-state index in [1.54, 1.807) is 12.3 Å². The molecule has 0 bridgehead atoms. The van der Waals surface area contributed by atoms with Gasteiger partial charge in [0.1, 0.15) is 0 Å². The molecule has 6 heteroatoms. The van der Waals surface area contributed by atoms with E-state index in [1.807, 2.05) is 39.2 Å². The van der Waals surface area contributed by atoms with Crippen LogP contribution in [-0.4, -0.2) is 25.6 Å². The van der Waals surface area contributed by atoms with Gasteiger partial charge < -0.3 is 9.88 Å². The van der Waals surface area contributed by atoms with Gasteiger partial charge in [0.15, 0.2) is 0 Å². The Balaban J connectivity index is 3.10. The molecule has 0 amide bonds. The topological polar surface area (TPSA) is 63.1 Å². The fraction of sp³-hybridized carbons (Fsp3) is 0.692. The second kappa shape index (κ2) is 6.54. The third kappa shape index (κ3) is 4.33. The highest BCUT2D eigenvalue weighted by molar-refractivity contribution is 7.89. The Labute approximate surface area is 116 Å². The molecule has 0 aliphatic rings. The molecule has 0 fully saturated rings. The molecule has 0 aliphatic carbocycles. The van der Waals surface area contributed by atoms with Gasteiger partial charge in [-0.15, -0.1) is 0 Å². The van der Waals surface area contributed by atoms with E-state index in [9.17, 15) is 8.42 Å². The predicted octanol–water partition coefficient (Wildman–Crippen LogP) is 1.87. The molecule has 0 saturated heterocycles. The first-order valence-electron chi connectivity index (χ1n) is 6.71. The lowest BCUT2D eigenvalue weighted by Gasteiger charge is -2.12. The third-order valence-corrected chi connectivity index (χ3v) is 4.35. The Hall–Kier alpha value is -0.850. The highest BCUT2D eigenvalue weighted by Gasteiger charge is 2.19. The Morgan fingerprint density at radius 2 is 1.89 bits per heavy atom. The second-order valence-corrected chi connectivity index (χ2v) is 6.94. The highest BCUT2D eigenvalue weighted by Crippen LogP contribution is 2.19. The van der Waals surface area contributed by atoms with Gasteiger partial charge in [-0.2, -0.15) is 0 Å². The first-order valence-corrected chi connectivity index (χ1v) is 8.20. The number of hydrogen-bond acceptors (Lipinski definition) is 3. The summed E-state index contributed by atoms with van der Waals surface area (Å²) in [5.41, 5.74) is 0.987. The van der Waals surface area contributed by atoms with Gasteiger partial charge >= 0.3 is 0 Å². The molecule has 0 spiro atoms. The van der Waals surface area contributed by atoms with Crippen molar-refractivity contribution in [2.45, 2.75) is 58.1 Å². The smallest absolute Gasteiger partial charge is 0.242 e. The van der Waals surface area contributed by atoms with Crippen LogP contribution < -0.4 is 10.0 Å². The number of hydrogen-bond donors (Lipinski definition) is 2. The number of nitrogens with zero attached hydrogens (tertiary/aromatic N) is 1. The molecule has 0 saturated carbocycles. The lowest BCUT2D eigenvalue weighted by molar-refractivity contribution is 0.553. The van der Waals surface area contributed by atoms with Crippen LogP contribution in [-0.2, 0) is 16.6 Å². The van der Waals surface area contributed by atoms with Crippen molar-refractivity contribution in [2.24, 2.45) is 0 Å². The van der Waals surface area contributed by atoms with E-state index in [0.29, 0.717) is 11.4 Å². The maximum Gasteiger partial charge on any atom is 0.242 e. The predicted molar refractivity (Wildman–Crippen MR) is 77.7 cm³/mol. The molecule has 19 heavy (non-hydrogen) atoms. The van der Waals surface area contributed by atoms with Gasteiger partial charge in [-0.3, -0.25) is 0 Å². The quantitative estimate of drug-likeness (QED) is 0.804. The van der Waals surface area contributed by atoms with Gasteiger partial charge in [0.05, 0.1) is 4.90 Å². The van der Waals surface area contributed by atoms with Crippen LogP contribution in [0.1, 0.15) is 46.4 Å². The Morgan fingerprint density at radius 3 is 2.37 bits per heavy atom. The van der Waals surface area contributed by atoms with Crippen molar-refractivity contribution in [2.75, 3.05) is 6.54 Å². The molecule has 1 aromatic rings. The van der Waals surface area contributed by atoms with Crippen molar-refractivity contribution < 1.29 is 8.42 Å². The molecule has 1 aromatic heterocycles. The van der Waals surface area contributed by atoms with E-state index >= 15 is 0 Å². The molecule has 0 radical (unpaired) electrons. The van der Waals surface area contributed by atoms with Crippen LogP contribution >= 0.6 is 0 Å². The van der Waals surface area contributed by atoms with Crippen LogP contribution in [0.2, 0.25) is 0 Å². The largest absolute Gasteiger partial charge is 0.346 e. The van der Waals surface area contributed by atoms with Gasteiger partial charge in [0.25, 0.3) is 0 Å². The van der Waals surface area contributed by atoms with Crippen LogP contribution in [0.4, 0.5) is 0 Å². The summed E-state index contributed by atoms with van der Waals surface area (Å²) >= 11 is 0. The van der Waals surface area contributed by atoms with Crippen LogP contribution in [0, 0.1) is 0 Å². The molecule has 110 valence electrons. The molecule has 1 heterocycles. The normalized spacial score (nSPS) is 12.6. The standard InChI is InChI=1S/C13H25N3O2S/c1-6-14-8-12-7-13(9-16(12)11(4)5)19(17,18)15-10(2)3/h7,9-11,14-15H,6,8H2,1-5H3. The van der Waals surface area contributed by atoms with Crippen molar-refractivity contribution in [3.63, 3.8) is 0 Å². The van der Waals surface area contributed by atoms with E-state index in [1.165, 1.54) is 0 Å². The van der Waals surface area contributed by atoms with Gasteiger partial charge in [-0.1, -0.05) is 6.92 Å². The molecule has 0 aliphatic heterocycles. The van der Waals surface area contributed by atoms with Crippen molar-refractivity contribution >= 4 is 10.0 Å². The molecule has 5 nitrogen and oxygen atoms in total. The van der Waals surface area contributed by atoms with Gasteiger partial charge in [0.2, 0.25) is 10.0 Å². The number of sulfonamides is 1. The lowest BCUT2D eigenvalue weighted by Crippen LogP contribution is -2.30. The number of aromatic nitrogens is 1. The van der Waals surface area contributed by atoms with Gasteiger partial charge in [-0.25, -0.2) is 13.1 Å². The molecular weight excluding hydrogens is 262 g/mol. The summed E-state index contributed by atoms with van der Waals surface area (Å²) in [5.74, 6) is 0. The third-order valence-electron chi connectivity index (χ3n) is 2.72. The van der Waals surface area contributed by atoms with Gasteiger partial charge in [-0.05, 0) is 40.3 Å². The minimum atomic E-state index is -3.42. The molecule has 1 rings (SSSR count). The minimum absolute atomic E-state index is 0.107. The van der Waals surface area contributed by atoms with Gasteiger partial charge in [0, 0.05) is 30.5 Å². The molecular formula is C13H25N3O2S. The van der Waals surface area contributed by atoms with Crippen LogP contribution in [0.15, 0.2) is 17.2 Å². The van der Waals surface area contributed by atoms with E-state index in [-0.39, 0.29) is 12.1 Å². The zero-order valence-corrected chi connectivity index (χ0v) is 13.2. The van der Waals surface area contributed by atoms with Crippen LogP contribution in [0.25, 0.3) is 0 Å². The fourth-order valence-electron chi connectivity index (χ4n) is 1.90. The summed E-state index contributed by atoms with van der Waals surface area (Å²) in [6.07, 6.45) is 1.71. The summed E-state index contributed by atoms with van der Waals surface area (Å²) in [5, 5.41) is 3.23. The van der Waals surface area contributed by atoms with E-state index in [4.69, 9.17) is 0 Å². The van der Waals surface area contributed by atoms with Crippen LogP contribution in [0.5, 0.6) is 0 Å². The summed E-state index contributed by atoms with van der Waals surface area (Å²) in [6, 6.07) is 1.87. The molecule has 0 atom stereocenters. The lowest BCUT2D eigenvalue weighted by atomic mass is 10.3. The molecule has 2 N–H and O–H groups in total. The SMILES string of the molecule is CCNCc1cc(S(=O)(=O)NC(C)C)cn1C(C)C. The summed E-state index contributed by atoms with van der Waals surface area (Å²) in [7, 11) is -3.42. The second-order valence-electron chi connectivity index (χ2n) is 5.22. The summed E-state index contributed by atoms with van der Waals surface area (Å²) in [4.78, 5) is 0.336. The zero-order valence-electron chi connectivity index (χ0n) is 12.4. The van der Waals surface area contributed by atoms with Crippen molar-refractivity contribution in [3.8, 4) is 0 Å². The Morgan fingerprint density at radius 1 is 1.26 bits per heavy atom. The van der Waals surface area contributed by atoms with E-state index < -0.39 is 10.0 Å². The van der Waals surface area contributed by atoms with E-state index in [2.05, 4.69) is 10.0 Å². The summed E-state index contributed by atoms with van der Waals surface area (Å²) < 4.78 is 28.9. The van der Waals surface area contributed by atoms with Crippen molar-refractivity contribution in [1.82, 2.24) is 14.6 Å². The Kier molecular flexibility index (Phi) is 5.58. The molecule has 0 unspecified atom stereocenters. The molecule has 0 aromatic carbocycles. The summed E-state index contributed by atoms with van der Waals surface area (Å²) in [6.45, 7) is 11.3. The first kappa shape index (κ1) is 16.2.